The fourth-order valence-corrected chi connectivity index (χ4v) is 4.61. The van der Waals surface area contributed by atoms with Crippen LogP contribution in [0, 0.1) is 32.1 Å². The van der Waals surface area contributed by atoms with Crippen LogP contribution in [0.15, 0.2) is 46.9 Å². The van der Waals surface area contributed by atoms with Gasteiger partial charge in [0.15, 0.2) is 0 Å². The Hall–Kier alpha value is -2.81. The molecule has 1 unspecified atom stereocenters. The minimum atomic E-state index is -0.526. The molecule has 0 aliphatic heterocycles. The summed E-state index contributed by atoms with van der Waals surface area (Å²) in [7, 11) is 0. The molecule has 34 heavy (non-hydrogen) atoms. The lowest BCUT2D eigenvalue weighted by atomic mass is 9.84. The predicted molar refractivity (Wildman–Crippen MR) is 142 cm³/mol. The smallest absolute Gasteiger partial charge is 0.259 e. The van der Waals surface area contributed by atoms with Gasteiger partial charge in [-0.2, -0.15) is 5.26 Å². The second-order valence-electron chi connectivity index (χ2n) is 9.62. The van der Waals surface area contributed by atoms with Gasteiger partial charge >= 0.3 is 0 Å². The number of aryl methyl sites for hydroxylation is 2. The summed E-state index contributed by atoms with van der Waals surface area (Å²) in [5, 5.41) is 24.1. The molecule has 1 atom stereocenters. The van der Waals surface area contributed by atoms with Crippen molar-refractivity contribution in [1.29, 1.82) is 5.26 Å². The van der Waals surface area contributed by atoms with Gasteiger partial charge in [-0.25, -0.2) is 0 Å². The summed E-state index contributed by atoms with van der Waals surface area (Å²) in [5.41, 5.74) is 5.13. The van der Waals surface area contributed by atoms with Crippen molar-refractivity contribution in [3.8, 4) is 11.8 Å². The first-order valence-corrected chi connectivity index (χ1v) is 12.1. The van der Waals surface area contributed by atoms with Gasteiger partial charge in [0.05, 0.1) is 17.6 Å². The van der Waals surface area contributed by atoms with Gasteiger partial charge in [-0.1, -0.05) is 84.2 Å². The second kappa shape index (κ2) is 9.82. The van der Waals surface area contributed by atoms with E-state index in [-0.39, 0.29) is 16.7 Å². The molecule has 0 aliphatic rings. The monoisotopic (exact) mass is 538 g/mol. The third-order valence-corrected chi connectivity index (χ3v) is 7.12. The van der Waals surface area contributed by atoms with Crippen molar-refractivity contribution in [3.05, 3.63) is 90.9 Å². The SMILES string of the molecule is Cc1ccc(C(C#N)c2cc(C)c(NC(=O)c3c(C)c(Br)cc(C(C)(C)C)c3O)cc2Cl)cc1. The molecular weight excluding hydrogens is 512 g/mol. The van der Waals surface area contributed by atoms with Crippen LogP contribution in [0.3, 0.4) is 0 Å². The minimum Gasteiger partial charge on any atom is -0.507 e. The maximum Gasteiger partial charge on any atom is 0.259 e. The van der Waals surface area contributed by atoms with E-state index in [1.54, 1.807) is 13.0 Å². The van der Waals surface area contributed by atoms with Gasteiger partial charge in [-0.15, -0.1) is 0 Å². The molecular formula is C28H28BrClN2O2. The molecule has 0 radical (unpaired) electrons. The number of aromatic hydroxyl groups is 1. The Morgan fingerprint density at radius 2 is 1.74 bits per heavy atom. The number of rotatable bonds is 4. The molecule has 176 valence electrons. The number of phenolic OH excluding ortho intramolecular Hbond substituents is 1. The van der Waals surface area contributed by atoms with E-state index >= 15 is 0 Å². The number of hydrogen-bond acceptors (Lipinski definition) is 3. The Bertz CT molecular complexity index is 1300. The lowest BCUT2D eigenvalue weighted by molar-refractivity contribution is 0.102. The average molecular weight is 540 g/mol. The maximum atomic E-state index is 13.3. The van der Waals surface area contributed by atoms with Crippen LogP contribution in [0.1, 0.15) is 70.4 Å². The first-order valence-electron chi connectivity index (χ1n) is 10.9. The third kappa shape index (κ3) is 5.14. The molecule has 6 heteroatoms. The number of nitrogens with zero attached hydrogens (tertiary/aromatic N) is 1. The topological polar surface area (TPSA) is 73.1 Å². The number of hydrogen-bond donors (Lipinski definition) is 2. The summed E-state index contributed by atoms with van der Waals surface area (Å²) in [6, 6.07) is 15.5. The van der Waals surface area contributed by atoms with Crippen LogP contribution in [0.5, 0.6) is 5.75 Å². The Labute approximate surface area is 214 Å². The summed E-state index contributed by atoms with van der Waals surface area (Å²) >= 11 is 10.1. The van der Waals surface area contributed by atoms with E-state index in [0.29, 0.717) is 27.4 Å². The van der Waals surface area contributed by atoms with Crippen molar-refractivity contribution < 1.29 is 9.90 Å². The number of amides is 1. The van der Waals surface area contributed by atoms with E-state index in [4.69, 9.17) is 11.6 Å². The van der Waals surface area contributed by atoms with Crippen LogP contribution in [-0.2, 0) is 5.41 Å². The zero-order valence-corrected chi connectivity index (χ0v) is 22.5. The van der Waals surface area contributed by atoms with Crippen LogP contribution in [0.2, 0.25) is 5.02 Å². The molecule has 0 spiro atoms. The lowest BCUT2D eigenvalue weighted by Gasteiger charge is -2.24. The molecule has 4 nitrogen and oxygen atoms in total. The molecule has 0 saturated heterocycles. The standard InChI is InChI=1S/C28H28BrClN2O2/c1-15-7-9-18(10-8-15)20(14-31)19-11-16(2)24(13-23(19)30)32-27(34)25-17(3)22(29)12-21(26(25)33)28(4,5)6/h7-13,20,33H,1-6H3,(H,32,34). The largest absolute Gasteiger partial charge is 0.507 e. The van der Waals surface area contributed by atoms with Gasteiger partial charge in [0.25, 0.3) is 5.91 Å². The number of carbonyl (C=O) groups is 1. The number of nitrogens with one attached hydrogen (secondary N) is 1. The van der Waals surface area contributed by atoms with E-state index in [0.717, 1.165) is 21.2 Å². The molecule has 1 amide bonds. The van der Waals surface area contributed by atoms with Crippen LogP contribution in [0.25, 0.3) is 0 Å². The Morgan fingerprint density at radius 3 is 2.29 bits per heavy atom. The molecule has 0 heterocycles. The van der Waals surface area contributed by atoms with E-state index < -0.39 is 11.8 Å². The Morgan fingerprint density at radius 1 is 1.12 bits per heavy atom. The normalized spacial score (nSPS) is 12.2. The first kappa shape index (κ1) is 25.8. The molecule has 0 bridgehead atoms. The first-order chi connectivity index (χ1) is 15.8. The van der Waals surface area contributed by atoms with Crippen molar-refractivity contribution in [1.82, 2.24) is 0 Å². The molecule has 3 rings (SSSR count). The summed E-state index contributed by atoms with van der Waals surface area (Å²) in [6.45, 7) is 11.6. The van der Waals surface area contributed by atoms with E-state index in [1.165, 1.54) is 0 Å². The van der Waals surface area contributed by atoms with Crippen molar-refractivity contribution in [2.24, 2.45) is 0 Å². The quantitative estimate of drug-likeness (QED) is 0.353. The summed E-state index contributed by atoms with van der Waals surface area (Å²) in [6.07, 6.45) is 0. The van der Waals surface area contributed by atoms with Gasteiger partial charge in [0.1, 0.15) is 5.75 Å². The van der Waals surface area contributed by atoms with Crippen LogP contribution in [0.4, 0.5) is 5.69 Å². The molecule has 3 aromatic carbocycles. The highest BCUT2D eigenvalue weighted by Gasteiger charge is 2.27. The molecule has 2 N–H and O–H groups in total. The molecule has 0 aromatic heterocycles. The van der Waals surface area contributed by atoms with Gasteiger partial charge < -0.3 is 10.4 Å². The number of anilines is 1. The lowest BCUT2D eigenvalue weighted by Crippen LogP contribution is -2.19. The summed E-state index contributed by atoms with van der Waals surface area (Å²) in [5.74, 6) is -0.985. The molecule has 0 aliphatic carbocycles. The third-order valence-electron chi connectivity index (χ3n) is 5.97. The van der Waals surface area contributed by atoms with Crippen molar-refractivity contribution in [2.75, 3.05) is 5.32 Å². The minimum absolute atomic E-state index is 0.0324. The predicted octanol–water partition coefficient (Wildman–Crippen LogP) is 7.94. The van der Waals surface area contributed by atoms with Crippen LogP contribution < -0.4 is 5.32 Å². The average Bonchev–Trinajstić information content (AvgIpc) is 2.75. The number of nitriles is 1. The van der Waals surface area contributed by atoms with Gasteiger partial charge in [-0.05, 0) is 60.6 Å². The summed E-state index contributed by atoms with van der Waals surface area (Å²) < 4.78 is 0.750. The Kier molecular flexibility index (Phi) is 7.45. The molecule has 0 saturated carbocycles. The van der Waals surface area contributed by atoms with E-state index in [1.807, 2.05) is 71.0 Å². The number of halogens is 2. The van der Waals surface area contributed by atoms with E-state index in [9.17, 15) is 15.2 Å². The zero-order valence-electron chi connectivity index (χ0n) is 20.2. The number of benzene rings is 3. The van der Waals surface area contributed by atoms with Crippen molar-refractivity contribution >= 4 is 39.1 Å². The maximum absolute atomic E-state index is 13.3. The fourth-order valence-electron chi connectivity index (χ4n) is 3.91. The van der Waals surface area contributed by atoms with Crippen molar-refractivity contribution in [3.63, 3.8) is 0 Å². The second-order valence-corrected chi connectivity index (χ2v) is 10.9. The molecule has 3 aromatic rings. The Balaban J connectivity index is 2.00. The van der Waals surface area contributed by atoms with Gasteiger partial charge in [-0.3, -0.25) is 4.79 Å². The summed E-state index contributed by atoms with van der Waals surface area (Å²) in [4.78, 5) is 13.3. The van der Waals surface area contributed by atoms with Gasteiger partial charge in [0, 0.05) is 20.7 Å². The highest BCUT2D eigenvalue weighted by molar-refractivity contribution is 9.10. The number of phenols is 1. The zero-order chi connectivity index (χ0) is 25.4. The van der Waals surface area contributed by atoms with E-state index in [2.05, 4.69) is 27.3 Å². The fraction of sp³-hybridized carbons (Fsp3) is 0.286. The molecule has 0 fully saturated rings. The van der Waals surface area contributed by atoms with Crippen LogP contribution >= 0.6 is 27.5 Å². The highest BCUT2D eigenvalue weighted by atomic mass is 79.9. The van der Waals surface area contributed by atoms with Gasteiger partial charge in [0.2, 0.25) is 0 Å². The number of carbonyl (C=O) groups excluding carboxylic acids is 1. The van der Waals surface area contributed by atoms with Crippen LogP contribution in [-0.4, -0.2) is 11.0 Å². The van der Waals surface area contributed by atoms with Crippen molar-refractivity contribution in [2.45, 2.75) is 52.9 Å². The highest BCUT2D eigenvalue weighted by Crippen LogP contribution is 2.39.